The third-order valence-electron chi connectivity index (χ3n) is 5.24. The molecule has 7 nitrogen and oxygen atoms in total. The summed E-state index contributed by atoms with van der Waals surface area (Å²) in [6, 6.07) is 2.27. The molecule has 0 aliphatic heterocycles. The number of fused-ring (bicyclic) bond motifs is 2. The van der Waals surface area contributed by atoms with E-state index in [0.29, 0.717) is 5.69 Å². The molecule has 0 bridgehead atoms. The van der Waals surface area contributed by atoms with Crippen LogP contribution in [-0.4, -0.2) is 33.2 Å². The molecule has 2 aliphatic rings. The average Bonchev–Trinajstić information content (AvgIpc) is 3.31. The summed E-state index contributed by atoms with van der Waals surface area (Å²) in [7, 11) is 0. The van der Waals surface area contributed by atoms with Crippen molar-refractivity contribution in [3.05, 3.63) is 52.6 Å². The van der Waals surface area contributed by atoms with E-state index in [1.807, 2.05) is 0 Å². The average molecular weight is 367 g/mol. The van der Waals surface area contributed by atoms with Crippen molar-refractivity contribution in [2.45, 2.75) is 51.0 Å². The lowest BCUT2D eigenvalue weighted by molar-refractivity contribution is -0.146. The Labute approximate surface area is 156 Å². The van der Waals surface area contributed by atoms with Gasteiger partial charge in [-0.15, -0.1) is 0 Å². The molecule has 1 atom stereocenters. The van der Waals surface area contributed by atoms with E-state index in [4.69, 9.17) is 4.74 Å². The highest BCUT2D eigenvalue weighted by molar-refractivity contribution is 5.90. The smallest absolute Gasteiger partial charge is 0.412 e. The molecule has 2 aliphatic carbocycles. The minimum absolute atomic E-state index is 0.0262. The molecule has 0 saturated heterocycles. The van der Waals surface area contributed by atoms with E-state index >= 15 is 0 Å². The maximum atomic E-state index is 12.5. The van der Waals surface area contributed by atoms with E-state index in [2.05, 4.69) is 21.4 Å². The van der Waals surface area contributed by atoms with Gasteiger partial charge in [0.05, 0.1) is 11.4 Å². The van der Waals surface area contributed by atoms with Crippen LogP contribution in [0.4, 0.5) is 10.5 Å². The minimum Gasteiger partial charge on any atom is -0.478 e. The molecule has 0 spiro atoms. The number of aromatic nitrogens is 2. The summed E-state index contributed by atoms with van der Waals surface area (Å²) < 4.78 is 5.22. The Morgan fingerprint density at radius 2 is 1.81 bits per heavy atom. The van der Waals surface area contributed by atoms with Crippen LogP contribution in [0.15, 0.2) is 24.7 Å². The van der Waals surface area contributed by atoms with Crippen LogP contribution < -0.4 is 5.32 Å². The molecular weight excluding hydrogens is 346 g/mol. The quantitative estimate of drug-likeness (QED) is 0.842. The van der Waals surface area contributed by atoms with Crippen LogP contribution in [0.1, 0.15) is 40.8 Å². The van der Waals surface area contributed by atoms with Crippen molar-refractivity contribution in [3.8, 4) is 0 Å². The van der Waals surface area contributed by atoms with Crippen molar-refractivity contribution in [2.75, 3.05) is 5.32 Å². The van der Waals surface area contributed by atoms with Gasteiger partial charge in [-0.25, -0.2) is 9.59 Å². The van der Waals surface area contributed by atoms with Gasteiger partial charge in [0, 0.05) is 25.0 Å². The molecule has 7 heteroatoms. The van der Waals surface area contributed by atoms with Crippen molar-refractivity contribution in [1.82, 2.24) is 9.97 Å². The standard InChI is InChI=1S/C20H21N3O4/c24-19(25)17(10-14-11-21-7-8-22-14)27-20(26)23-18-15-5-1-3-12(15)9-13-4-2-6-16(13)18/h7-9,11,17H,1-6,10H2,(H,23,26)(H,24,25). The fourth-order valence-corrected chi connectivity index (χ4v) is 4.03. The molecule has 0 fully saturated rings. The number of carbonyl (C=O) groups is 2. The number of carbonyl (C=O) groups excluding carboxylic acids is 1. The Bertz CT molecular complexity index is 850. The molecule has 4 rings (SSSR count). The van der Waals surface area contributed by atoms with Gasteiger partial charge in [-0.05, 0) is 60.8 Å². The summed E-state index contributed by atoms with van der Waals surface area (Å²) in [5.41, 5.74) is 6.23. The van der Waals surface area contributed by atoms with Crippen molar-refractivity contribution in [3.63, 3.8) is 0 Å². The number of nitrogens with zero attached hydrogens (tertiary/aromatic N) is 2. The molecule has 1 aromatic heterocycles. The molecule has 27 heavy (non-hydrogen) atoms. The number of anilines is 1. The van der Waals surface area contributed by atoms with Gasteiger partial charge in [-0.3, -0.25) is 15.3 Å². The second-order valence-electron chi connectivity index (χ2n) is 6.99. The Morgan fingerprint density at radius 3 is 2.41 bits per heavy atom. The number of aliphatic carboxylic acids is 1. The Morgan fingerprint density at radius 1 is 1.11 bits per heavy atom. The van der Waals surface area contributed by atoms with Crippen molar-refractivity contribution < 1.29 is 19.4 Å². The van der Waals surface area contributed by atoms with Crippen LogP contribution in [0.5, 0.6) is 0 Å². The second kappa shape index (κ2) is 7.34. The third kappa shape index (κ3) is 3.63. The van der Waals surface area contributed by atoms with Gasteiger partial charge in [0.25, 0.3) is 0 Å². The zero-order valence-corrected chi connectivity index (χ0v) is 14.9. The summed E-state index contributed by atoms with van der Waals surface area (Å²) in [6.07, 6.45) is 8.43. The number of ether oxygens (including phenoxy) is 1. The number of benzene rings is 1. The molecule has 0 radical (unpaired) electrons. The topological polar surface area (TPSA) is 101 Å². The fourth-order valence-electron chi connectivity index (χ4n) is 4.03. The van der Waals surface area contributed by atoms with E-state index < -0.39 is 18.2 Å². The highest BCUT2D eigenvalue weighted by Gasteiger charge is 2.28. The summed E-state index contributed by atoms with van der Waals surface area (Å²) >= 11 is 0. The van der Waals surface area contributed by atoms with Gasteiger partial charge in [-0.2, -0.15) is 0 Å². The first-order valence-corrected chi connectivity index (χ1v) is 9.23. The van der Waals surface area contributed by atoms with Gasteiger partial charge in [0.1, 0.15) is 0 Å². The molecule has 1 amide bonds. The number of carboxylic acids is 1. The van der Waals surface area contributed by atoms with Crippen LogP contribution in [0.25, 0.3) is 0 Å². The molecule has 1 unspecified atom stereocenters. The normalized spacial score (nSPS) is 15.7. The van der Waals surface area contributed by atoms with Crippen LogP contribution in [0, 0.1) is 0 Å². The third-order valence-corrected chi connectivity index (χ3v) is 5.24. The van der Waals surface area contributed by atoms with Gasteiger partial charge in [0.15, 0.2) is 0 Å². The largest absolute Gasteiger partial charge is 0.478 e. The molecule has 1 heterocycles. The number of aryl methyl sites for hydroxylation is 2. The van der Waals surface area contributed by atoms with E-state index in [1.165, 1.54) is 40.8 Å². The first-order valence-electron chi connectivity index (χ1n) is 9.23. The monoisotopic (exact) mass is 367 g/mol. The highest BCUT2D eigenvalue weighted by Crippen LogP contribution is 2.38. The van der Waals surface area contributed by atoms with Gasteiger partial charge < -0.3 is 9.84 Å². The molecular formula is C20H21N3O4. The summed E-state index contributed by atoms with van der Waals surface area (Å²) in [6.45, 7) is 0. The first kappa shape index (κ1) is 17.5. The molecule has 140 valence electrons. The number of hydrogen-bond donors (Lipinski definition) is 2. The molecule has 0 saturated carbocycles. The molecule has 2 N–H and O–H groups in total. The van der Waals surface area contributed by atoms with Crippen LogP contribution in [0.2, 0.25) is 0 Å². The van der Waals surface area contributed by atoms with Gasteiger partial charge in [-0.1, -0.05) is 6.07 Å². The van der Waals surface area contributed by atoms with E-state index in [1.54, 1.807) is 0 Å². The van der Waals surface area contributed by atoms with Crippen LogP contribution in [-0.2, 0) is 41.6 Å². The summed E-state index contributed by atoms with van der Waals surface area (Å²) in [5, 5.41) is 12.3. The predicted molar refractivity (Wildman–Crippen MR) is 97.8 cm³/mol. The lowest BCUT2D eigenvalue weighted by Crippen LogP contribution is -2.32. The zero-order chi connectivity index (χ0) is 18.8. The maximum absolute atomic E-state index is 12.5. The zero-order valence-electron chi connectivity index (χ0n) is 14.9. The summed E-state index contributed by atoms with van der Waals surface area (Å²) in [4.78, 5) is 32.0. The van der Waals surface area contributed by atoms with Gasteiger partial charge >= 0.3 is 12.1 Å². The van der Waals surface area contributed by atoms with E-state index in [-0.39, 0.29) is 6.42 Å². The fraction of sp³-hybridized carbons (Fsp3) is 0.400. The lowest BCUT2D eigenvalue weighted by atomic mass is 9.99. The number of rotatable bonds is 5. The minimum atomic E-state index is -1.31. The predicted octanol–water partition coefficient (Wildman–Crippen LogP) is 2.70. The number of amides is 1. The molecule has 2 aromatic rings. The van der Waals surface area contributed by atoms with Crippen molar-refractivity contribution in [2.24, 2.45) is 0 Å². The van der Waals surface area contributed by atoms with Crippen molar-refractivity contribution >= 4 is 17.7 Å². The summed E-state index contributed by atoms with van der Waals surface area (Å²) in [5.74, 6) is -1.21. The lowest BCUT2D eigenvalue weighted by Gasteiger charge is -2.18. The van der Waals surface area contributed by atoms with E-state index in [9.17, 15) is 14.7 Å². The molecule has 1 aromatic carbocycles. The Kier molecular flexibility index (Phi) is 4.75. The SMILES string of the molecule is O=C(Nc1c2c(cc3c1CCC3)CCC2)OC(Cc1cnccn1)C(=O)O. The Balaban J connectivity index is 1.52. The van der Waals surface area contributed by atoms with Crippen molar-refractivity contribution in [1.29, 1.82) is 0 Å². The second-order valence-corrected chi connectivity index (χ2v) is 6.99. The maximum Gasteiger partial charge on any atom is 0.412 e. The Hall–Kier alpha value is -2.96. The highest BCUT2D eigenvalue weighted by atomic mass is 16.6. The first-order chi connectivity index (χ1) is 13.1. The van der Waals surface area contributed by atoms with Crippen LogP contribution >= 0.6 is 0 Å². The van der Waals surface area contributed by atoms with Crippen LogP contribution in [0.3, 0.4) is 0 Å². The number of carboxylic acid groups (broad SMARTS) is 1. The number of nitrogens with one attached hydrogen (secondary N) is 1. The van der Waals surface area contributed by atoms with E-state index in [0.717, 1.165) is 44.2 Å². The number of hydrogen-bond acceptors (Lipinski definition) is 5. The van der Waals surface area contributed by atoms with Gasteiger partial charge in [0.2, 0.25) is 6.10 Å².